The molecule has 0 radical (unpaired) electrons. The number of rotatable bonds is 2. The summed E-state index contributed by atoms with van der Waals surface area (Å²) in [6, 6.07) is 6.52. The molecule has 2 aliphatic rings. The number of likely N-dealkylation sites (tertiary alicyclic amines) is 1. The van der Waals surface area contributed by atoms with E-state index in [0.717, 1.165) is 42.7 Å². The van der Waals surface area contributed by atoms with Gasteiger partial charge in [0.05, 0.1) is 0 Å². The third-order valence-corrected chi connectivity index (χ3v) is 5.09. The van der Waals surface area contributed by atoms with E-state index in [1.807, 2.05) is 32.0 Å². The van der Waals surface area contributed by atoms with Gasteiger partial charge in [0.1, 0.15) is 0 Å². The van der Waals surface area contributed by atoms with Crippen molar-refractivity contribution in [2.45, 2.75) is 33.2 Å². The highest BCUT2D eigenvalue weighted by atomic mass is 16.2. The minimum atomic E-state index is 0.238. The van der Waals surface area contributed by atoms with E-state index in [1.54, 1.807) is 0 Å². The lowest BCUT2D eigenvalue weighted by atomic mass is 9.92. The van der Waals surface area contributed by atoms with Crippen molar-refractivity contribution in [3.63, 3.8) is 0 Å². The number of aryl methyl sites for hydroxylation is 2. The maximum atomic E-state index is 13.0. The van der Waals surface area contributed by atoms with E-state index >= 15 is 0 Å². The van der Waals surface area contributed by atoms with Gasteiger partial charge in [0.2, 0.25) is 0 Å². The van der Waals surface area contributed by atoms with Crippen LogP contribution < -0.4 is 5.32 Å². The summed E-state index contributed by atoms with van der Waals surface area (Å²) < 4.78 is 0. The smallest absolute Gasteiger partial charge is 0.254 e. The Balaban J connectivity index is 1.91. The van der Waals surface area contributed by atoms with E-state index in [2.05, 4.69) is 17.1 Å². The van der Waals surface area contributed by atoms with Crippen LogP contribution in [0.5, 0.6) is 0 Å². The van der Waals surface area contributed by atoms with Crippen LogP contribution in [0.1, 0.15) is 34.8 Å². The fourth-order valence-electron chi connectivity index (χ4n) is 4.07. The van der Waals surface area contributed by atoms with Gasteiger partial charge < -0.3 is 10.2 Å². The van der Waals surface area contributed by atoms with E-state index in [4.69, 9.17) is 0 Å². The molecule has 2 fully saturated rings. The highest BCUT2D eigenvalue weighted by Gasteiger charge is 2.45. The number of carbonyl (C=O) groups is 1. The minimum Gasteiger partial charge on any atom is -0.335 e. The van der Waals surface area contributed by atoms with Gasteiger partial charge >= 0.3 is 0 Å². The molecular weight excluding hydrogens is 248 g/mol. The zero-order valence-electron chi connectivity index (χ0n) is 12.6. The van der Waals surface area contributed by atoms with Gasteiger partial charge in [-0.3, -0.25) is 4.79 Å². The first kappa shape index (κ1) is 13.6. The molecule has 1 aromatic carbocycles. The van der Waals surface area contributed by atoms with Gasteiger partial charge in [0.25, 0.3) is 5.91 Å². The average Bonchev–Trinajstić information content (AvgIpc) is 2.97. The Bertz CT molecular complexity index is 505. The molecule has 2 heterocycles. The first-order chi connectivity index (χ1) is 9.63. The predicted octanol–water partition coefficient (Wildman–Crippen LogP) is 2.37. The van der Waals surface area contributed by atoms with Crippen LogP contribution in [-0.2, 0) is 0 Å². The van der Waals surface area contributed by atoms with Crippen LogP contribution in [0.3, 0.4) is 0 Å². The summed E-state index contributed by atoms with van der Waals surface area (Å²) in [4.78, 5) is 15.1. The van der Waals surface area contributed by atoms with E-state index in [0.29, 0.717) is 17.9 Å². The van der Waals surface area contributed by atoms with Gasteiger partial charge in [-0.2, -0.15) is 0 Å². The highest BCUT2D eigenvalue weighted by molar-refractivity contribution is 5.97. The first-order valence-corrected chi connectivity index (χ1v) is 7.71. The topological polar surface area (TPSA) is 32.3 Å². The standard InChI is InChI=1S/C17H24N2O/c1-4-15-14-9-18-8-13(14)10-19(15)17(20)16-11(2)6-5-7-12(16)3/h5-7,13-15,18H,4,8-10H2,1-3H3. The Kier molecular flexibility index (Phi) is 3.55. The molecule has 1 aromatic rings. The van der Waals surface area contributed by atoms with Gasteiger partial charge in [0, 0.05) is 31.2 Å². The molecular formula is C17H24N2O. The Morgan fingerprint density at radius 3 is 2.65 bits per heavy atom. The van der Waals surface area contributed by atoms with Crippen LogP contribution >= 0.6 is 0 Å². The third kappa shape index (κ3) is 2.05. The summed E-state index contributed by atoms with van der Waals surface area (Å²) >= 11 is 0. The van der Waals surface area contributed by atoms with Gasteiger partial charge in [-0.05, 0) is 43.2 Å². The number of hydrogen-bond donors (Lipinski definition) is 1. The van der Waals surface area contributed by atoms with Crippen molar-refractivity contribution >= 4 is 5.91 Å². The first-order valence-electron chi connectivity index (χ1n) is 7.71. The molecule has 0 bridgehead atoms. The van der Waals surface area contributed by atoms with Gasteiger partial charge in [-0.25, -0.2) is 0 Å². The molecule has 0 aromatic heterocycles. The molecule has 3 unspecified atom stereocenters. The van der Waals surface area contributed by atoms with E-state index in [-0.39, 0.29) is 5.91 Å². The maximum Gasteiger partial charge on any atom is 0.254 e. The fourth-order valence-corrected chi connectivity index (χ4v) is 4.07. The summed E-state index contributed by atoms with van der Waals surface area (Å²) in [7, 11) is 0. The molecule has 0 saturated carbocycles. The zero-order chi connectivity index (χ0) is 14.3. The summed E-state index contributed by atoms with van der Waals surface area (Å²) in [6.07, 6.45) is 1.06. The molecule has 1 N–H and O–H groups in total. The summed E-state index contributed by atoms with van der Waals surface area (Å²) in [5.41, 5.74) is 3.11. The average molecular weight is 272 g/mol. The number of nitrogens with one attached hydrogen (secondary N) is 1. The zero-order valence-corrected chi connectivity index (χ0v) is 12.6. The van der Waals surface area contributed by atoms with Crippen molar-refractivity contribution in [1.82, 2.24) is 10.2 Å². The minimum absolute atomic E-state index is 0.238. The second kappa shape index (κ2) is 5.21. The Hall–Kier alpha value is -1.35. The van der Waals surface area contributed by atoms with Crippen LogP contribution in [-0.4, -0.2) is 36.5 Å². The fraction of sp³-hybridized carbons (Fsp3) is 0.588. The summed E-state index contributed by atoms with van der Waals surface area (Å²) in [5, 5.41) is 3.47. The van der Waals surface area contributed by atoms with Gasteiger partial charge in [0.15, 0.2) is 0 Å². The Morgan fingerprint density at radius 1 is 1.30 bits per heavy atom. The van der Waals surface area contributed by atoms with Gasteiger partial charge in [-0.15, -0.1) is 0 Å². The molecule has 3 rings (SSSR count). The largest absolute Gasteiger partial charge is 0.335 e. The van der Waals surface area contributed by atoms with Crippen molar-refractivity contribution in [2.24, 2.45) is 11.8 Å². The molecule has 1 amide bonds. The molecule has 20 heavy (non-hydrogen) atoms. The van der Waals surface area contributed by atoms with Crippen molar-refractivity contribution in [2.75, 3.05) is 19.6 Å². The quantitative estimate of drug-likeness (QED) is 0.896. The Morgan fingerprint density at radius 2 is 2.00 bits per heavy atom. The number of fused-ring (bicyclic) bond motifs is 1. The molecule has 0 spiro atoms. The molecule has 3 heteroatoms. The van der Waals surface area contributed by atoms with Crippen LogP contribution in [0.15, 0.2) is 18.2 Å². The maximum absolute atomic E-state index is 13.0. The second-order valence-corrected chi connectivity index (χ2v) is 6.28. The van der Waals surface area contributed by atoms with Crippen LogP contribution in [0.2, 0.25) is 0 Å². The number of carbonyl (C=O) groups excluding carboxylic acids is 1. The third-order valence-electron chi connectivity index (χ3n) is 5.09. The van der Waals surface area contributed by atoms with Crippen molar-refractivity contribution in [3.8, 4) is 0 Å². The summed E-state index contributed by atoms with van der Waals surface area (Å²) in [6.45, 7) is 9.34. The molecule has 2 saturated heterocycles. The molecule has 2 aliphatic heterocycles. The monoisotopic (exact) mass is 272 g/mol. The van der Waals surface area contributed by atoms with Crippen molar-refractivity contribution < 1.29 is 4.79 Å². The SMILES string of the molecule is CCC1C2CNCC2CN1C(=O)c1c(C)cccc1C. The Labute approximate surface area is 121 Å². The molecule has 3 nitrogen and oxygen atoms in total. The number of nitrogens with zero attached hydrogens (tertiary/aromatic N) is 1. The lowest BCUT2D eigenvalue weighted by molar-refractivity contribution is 0.0710. The lowest BCUT2D eigenvalue weighted by Crippen LogP contribution is -2.40. The van der Waals surface area contributed by atoms with Crippen LogP contribution in [0.25, 0.3) is 0 Å². The van der Waals surface area contributed by atoms with Crippen LogP contribution in [0, 0.1) is 25.7 Å². The van der Waals surface area contributed by atoms with E-state index in [1.165, 1.54) is 0 Å². The van der Waals surface area contributed by atoms with Crippen molar-refractivity contribution in [1.29, 1.82) is 0 Å². The normalized spacial score (nSPS) is 28.8. The number of hydrogen-bond acceptors (Lipinski definition) is 2. The summed E-state index contributed by atoms with van der Waals surface area (Å²) in [5.74, 6) is 1.53. The van der Waals surface area contributed by atoms with Gasteiger partial charge in [-0.1, -0.05) is 25.1 Å². The van der Waals surface area contributed by atoms with E-state index in [9.17, 15) is 4.79 Å². The van der Waals surface area contributed by atoms with E-state index < -0.39 is 0 Å². The lowest BCUT2D eigenvalue weighted by Gasteiger charge is -2.28. The molecule has 0 aliphatic carbocycles. The molecule has 108 valence electrons. The molecule has 3 atom stereocenters. The predicted molar refractivity (Wildman–Crippen MR) is 80.9 cm³/mol. The van der Waals surface area contributed by atoms with Crippen LogP contribution in [0.4, 0.5) is 0 Å². The number of benzene rings is 1. The van der Waals surface area contributed by atoms with Crippen molar-refractivity contribution in [3.05, 3.63) is 34.9 Å². The highest BCUT2D eigenvalue weighted by Crippen LogP contribution is 2.35. The second-order valence-electron chi connectivity index (χ2n) is 6.28. The number of amides is 1.